The standard InChI is InChI=1S/C19H20Cl2N2O/c20-16-8-2-1-6-14(16)12-23-11-5-7-15(13-23)19(24)22-18-10-4-3-9-17(18)21/h1-4,6,8-10,15H,5,7,11-13H2,(H,22,24). The predicted octanol–water partition coefficient (Wildman–Crippen LogP) is 4.84. The summed E-state index contributed by atoms with van der Waals surface area (Å²) in [7, 11) is 0. The molecule has 1 heterocycles. The Morgan fingerprint density at radius 2 is 1.79 bits per heavy atom. The lowest BCUT2D eigenvalue weighted by atomic mass is 9.96. The number of nitrogens with zero attached hydrogens (tertiary/aromatic N) is 1. The molecule has 2 aromatic carbocycles. The number of hydrogen-bond acceptors (Lipinski definition) is 2. The molecule has 3 nitrogen and oxygen atoms in total. The third-order valence-electron chi connectivity index (χ3n) is 4.36. The van der Waals surface area contributed by atoms with Gasteiger partial charge in [0.15, 0.2) is 0 Å². The minimum Gasteiger partial charge on any atom is -0.324 e. The van der Waals surface area contributed by atoms with Gasteiger partial charge in [-0.2, -0.15) is 0 Å². The molecule has 0 aliphatic carbocycles. The van der Waals surface area contributed by atoms with Gasteiger partial charge in [0, 0.05) is 18.1 Å². The number of para-hydroxylation sites is 1. The monoisotopic (exact) mass is 362 g/mol. The zero-order valence-corrected chi connectivity index (χ0v) is 14.9. The van der Waals surface area contributed by atoms with Gasteiger partial charge >= 0.3 is 0 Å². The molecule has 3 rings (SSSR count). The second kappa shape index (κ2) is 8.02. The topological polar surface area (TPSA) is 32.3 Å². The zero-order chi connectivity index (χ0) is 16.9. The summed E-state index contributed by atoms with van der Waals surface area (Å²) in [6.07, 6.45) is 1.90. The molecular formula is C19H20Cl2N2O. The molecule has 2 aromatic rings. The largest absolute Gasteiger partial charge is 0.324 e. The maximum absolute atomic E-state index is 12.6. The number of likely N-dealkylation sites (tertiary alicyclic amines) is 1. The van der Waals surface area contributed by atoms with E-state index in [-0.39, 0.29) is 11.8 Å². The van der Waals surface area contributed by atoms with Crippen molar-refractivity contribution < 1.29 is 4.79 Å². The fourth-order valence-corrected chi connectivity index (χ4v) is 3.46. The molecule has 0 saturated carbocycles. The van der Waals surface area contributed by atoms with Crippen LogP contribution < -0.4 is 5.32 Å². The average Bonchev–Trinajstić information content (AvgIpc) is 2.59. The quantitative estimate of drug-likeness (QED) is 0.843. The molecule has 24 heavy (non-hydrogen) atoms. The van der Waals surface area contributed by atoms with E-state index in [2.05, 4.69) is 10.2 Å². The van der Waals surface area contributed by atoms with Crippen molar-refractivity contribution in [1.29, 1.82) is 0 Å². The zero-order valence-electron chi connectivity index (χ0n) is 13.3. The lowest BCUT2D eigenvalue weighted by molar-refractivity contribution is -0.121. The summed E-state index contributed by atoms with van der Waals surface area (Å²) >= 11 is 12.4. The summed E-state index contributed by atoms with van der Waals surface area (Å²) in [5.41, 5.74) is 1.78. The first-order valence-electron chi connectivity index (χ1n) is 8.14. The average molecular weight is 363 g/mol. The van der Waals surface area contributed by atoms with E-state index in [1.165, 1.54) is 0 Å². The highest BCUT2D eigenvalue weighted by molar-refractivity contribution is 6.33. The van der Waals surface area contributed by atoms with Gasteiger partial charge in [-0.25, -0.2) is 0 Å². The number of benzene rings is 2. The lowest BCUT2D eigenvalue weighted by Crippen LogP contribution is -2.40. The maximum atomic E-state index is 12.6. The second-order valence-corrected chi connectivity index (χ2v) is 6.95. The predicted molar refractivity (Wildman–Crippen MR) is 99.5 cm³/mol. The van der Waals surface area contributed by atoms with Crippen molar-refractivity contribution in [3.63, 3.8) is 0 Å². The highest BCUT2D eigenvalue weighted by atomic mass is 35.5. The fourth-order valence-electron chi connectivity index (χ4n) is 3.08. The molecule has 1 fully saturated rings. The second-order valence-electron chi connectivity index (χ2n) is 6.13. The van der Waals surface area contributed by atoms with Gasteiger partial charge in [-0.15, -0.1) is 0 Å². The highest BCUT2D eigenvalue weighted by Gasteiger charge is 2.26. The Labute approximate surface area is 152 Å². The summed E-state index contributed by atoms with van der Waals surface area (Å²) < 4.78 is 0. The molecule has 1 N–H and O–H groups in total. The number of hydrogen-bond donors (Lipinski definition) is 1. The Bertz CT molecular complexity index is 720. The maximum Gasteiger partial charge on any atom is 0.228 e. The van der Waals surface area contributed by atoms with E-state index >= 15 is 0 Å². The van der Waals surface area contributed by atoms with Gasteiger partial charge < -0.3 is 5.32 Å². The number of amides is 1. The van der Waals surface area contributed by atoms with Crippen molar-refractivity contribution in [1.82, 2.24) is 4.90 Å². The van der Waals surface area contributed by atoms with Crippen LogP contribution in [0.1, 0.15) is 18.4 Å². The molecule has 1 amide bonds. The van der Waals surface area contributed by atoms with Crippen LogP contribution in [0.3, 0.4) is 0 Å². The minimum atomic E-state index is -0.0301. The van der Waals surface area contributed by atoms with E-state index in [4.69, 9.17) is 23.2 Å². The summed E-state index contributed by atoms with van der Waals surface area (Å²) in [5.74, 6) is 0.00414. The molecule has 0 radical (unpaired) electrons. The molecule has 1 saturated heterocycles. The van der Waals surface area contributed by atoms with Gasteiger partial charge in [-0.3, -0.25) is 9.69 Å². The molecule has 126 valence electrons. The molecule has 0 bridgehead atoms. The van der Waals surface area contributed by atoms with Crippen LogP contribution in [-0.4, -0.2) is 23.9 Å². The smallest absolute Gasteiger partial charge is 0.228 e. The first-order valence-corrected chi connectivity index (χ1v) is 8.90. The first kappa shape index (κ1) is 17.3. The van der Waals surface area contributed by atoms with Gasteiger partial charge in [-0.05, 0) is 43.1 Å². The first-order chi connectivity index (χ1) is 11.6. The van der Waals surface area contributed by atoms with E-state index in [9.17, 15) is 4.79 Å². The van der Waals surface area contributed by atoms with Gasteiger partial charge in [0.05, 0.1) is 16.6 Å². The molecule has 0 aromatic heterocycles. The van der Waals surface area contributed by atoms with Gasteiger partial charge in [0.25, 0.3) is 0 Å². The SMILES string of the molecule is O=C(Nc1ccccc1Cl)C1CCCN(Cc2ccccc2Cl)C1. The molecular weight excluding hydrogens is 343 g/mol. The van der Waals surface area contributed by atoms with Gasteiger partial charge in [-0.1, -0.05) is 53.5 Å². The van der Waals surface area contributed by atoms with E-state index in [1.807, 2.05) is 42.5 Å². The van der Waals surface area contributed by atoms with Crippen LogP contribution in [0.2, 0.25) is 10.0 Å². The van der Waals surface area contributed by atoms with Crippen molar-refractivity contribution in [3.8, 4) is 0 Å². The van der Waals surface area contributed by atoms with Crippen LogP contribution in [0.25, 0.3) is 0 Å². The van der Waals surface area contributed by atoms with Gasteiger partial charge in [0.1, 0.15) is 0 Å². The summed E-state index contributed by atoms with van der Waals surface area (Å²) in [4.78, 5) is 14.9. The summed E-state index contributed by atoms with van der Waals surface area (Å²) in [6, 6.07) is 15.2. The fraction of sp³-hybridized carbons (Fsp3) is 0.316. The van der Waals surface area contributed by atoms with Crippen molar-refractivity contribution >= 4 is 34.8 Å². The third kappa shape index (κ3) is 4.29. The number of piperidine rings is 1. The Hall–Kier alpha value is -1.55. The molecule has 5 heteroatoms. The van der Waals surface area contributed by atoms with E-state index in [0.29, 0.717) is 10.7 Å². The highest BCUT2D eigenvalue weighted by Crippen LogP contribution is 2.25. The normalized spacial score (nSPS) is 18.3. The number of anilines is 1. The van der Waals surface area contributed by atoms with Crippen LogP contribution in [0.4, 0.5) is 5.69 Å². The minimum absolute atomic E-state index is 0.0301. The van der Waals surface area contributed by atoms with Crippen molar-refractivity contribution in [2.24, 2.45) is 5.92 Å². The number of halogens is 2. The van der Waals surface area contributed by atoms with Crippen LogP contribution in [0.5, 0.6) is 0 Å². The number of carbonyl (C=O) groups is 1. The number of rotatable bonds is 4. The van der Waals surface area contributed by atoms with Crippen LogP contribution >= 0.6 is 23.2 Å². The van der Waals surface area contributed by atoms with E-state index < -0.39 is 0 Å². The molecule has 1 unspecified atom stereocenters. The number of carbonyl (C=O) groups excluding carboxylic acids is 1. The van der Waals surface area contributed by atoms with E-state index in [0.717, 1.165) is 43.1 Å². The van der Waals surface area contributed by atoms with Crippen LogP contribution in [-0.2, 0) is 11.3 Å². The Balaban J connectivity index is 1.62. The Morgan fingerprint density at radius 1 is 1.08 bits per heavy atom. The van der Waals surface area contributed by atoms with Crippen LogP contribution in [0, 0.1) is 5.92 Å². The van der Waals surface area contributed by atoms with E-state index in [1.54, 1.807) is 6.07 Å². The van der Waals surface area contributed by atoms with Crippen molar-refractivity contribution in [2.45, 2.75) is 19.4 Å². The number of nitrogens with one attached hydrogen (secondary N) is 1. The Kier molecular flexibility index (Phi) is 5.77. The van der Waals surface area contributed by atoms with Gasteiger partial charge in [0.2, 0.25) is 5.91 Å². The Morgan fingerprint density at radius 3 is 2.54 bits per heavy atom. The molecule has 0 spiro atoms. The van der Waals surface area contributed by atoms with Crippen molar-refractivity contribution in [3.05, 3.63) is 64.1 Å². The summed E-state index contributed by atoms with van der Waals surface area (Å²) in [6.45, 7) is 2.50. The molecule has 1 aliphatic heterocycles. The summed E-state index contributed by atoms with van der Waals surface area (Å²) in [5, 5.41) is 4.29. The van der Waals surface area contributed by atoms with Crippen molar-refractivity contribution in [2.75, 3.05) is 18.4 Å². The van der Waals surface area contributed by atoms with Crippen LogP contribution in [0.15, 0.2) is 48.5 Å². The third-order valence-corrected chi connectivity index (χ3v) is 5.06. The molecule has 1 atom stereocenters. The lowest BCUT2D eigenvalue weighted by Gasteiger charge is -2.32. The molecule has 1 aliphatic rings.